The van der Waals surface area contributed by atoms with Crippen LogP contribution in [-0.2, 0) is 27.9 Å². The van der Waals surface area contributed by atoms with E-state index in [1.54, 1.807) is 12.1 Å². The Hall–Kier alpha value is -2.71. The second kappa shape index (κ2) is 9.20. The molecular weight excluding hydrogens is 414 g/mol. The van der Waals surface area contributed by atoms with E-state index in [4.69, 9.17) is 0 Å². The van der Waals surface area contributed by atoms with Gasteiger partial charge in [-0.1, -0.05) is 42.8 Å². The summed E-state index contributed by atoms with van der Waals surface area (Å²) >= 11 is 0. The summed E-state index contributed by atoms with van der Waals surface area (Å²) in [6, 6.07) is 14.3. The van der Waals surface area contributed by atoms with E-state index in [2.05, 4.69) is 22.3 Å². The molecule has 31 heavy (non-hydrogen) atoms. The number of hydrogen-bond donors (Lipinski definition) is 1. The van der Waals surface area contributed by atoms with Gasteiger partial charge >= 0.3 is 0 Å². The first-order valence-corrected chi connectivity index (χ1v) is 12.1. The van der Waals surface area contributed by atoms with Gasteiger partial charge in [0.25, 0.3) is 15.9 Å². The molecule has 0 unspecified atom stereocenters. The van der Waals surface area contributed by atoms with E-state index in [9.17, 15) is 18.0 Å². The van der Waals surface area contributed by atoms with Gasteiger partial charge in [-0.2, -0.15) is 0 Å². The lowest BCUT2D eigenvalue weighted by Crippen LogP contribution is -2.34. The van der Waals surface area contributed by atoms with Crippen molar-refractivity contribution in [3.05, 3.63) is 65.2 Å². The fourth-order valence-corrected chi connectivity index (χ4v) is 5.65. The highest BCUT2D eigenvalue weighted by Crippen LogP contribution is 2.29. The lowest BCUT2D eigenvalue weighted by atomic mass is 10.1. The zero-order valence-electron chi connectivity index (χ0n) is 17.4. The van der Waals surface area contributed by atoms with Crippen LogP contribution in [0.15, 0.2) is 53.4 Å². The van der Waals surface area contributed by atoms with E-state index < -0.39 is 15.9 Å². The van der Waals surface area contributed by atoms with Gasteiger partial charge in [-0.25, -0.2) is 12.7 Å². The van der Waals surface area contributed by atoms with Crippen LogP contribution < -0.4 is 5.32 Å². The Morgan fingerprint density at radius 1 is 0.935 bits per heavy atom. The summed E-state index contributed by atoms with van der Waals surface area (Å²) in [5.41, 5.74) is 2.40. The van der Waals surface area contributed by atoms with Crippen molar-refractivity contribution in [1.82, 2.24) is 14.5 Å². The maximum Gasteiger partial charge on any atom is 0.269 e. The van der Waals surface area contributed by atoms with Crippen molar-refractivity contribution in [2.45, 2.75) is 43.7 Å². The molecule has 2 aliphatic rings. The average molecular weight is 442 g/mol. The summed E-state index contributed by atoms with van der Waals surface area (Å²) in [7, 11) is -3.88. The third-order valence-electron chi connectivity index (χ3n) is 5.82. The molecule has 7 nitrogen and oxygen atoms in total. The van der Waals surface area contributed by atoms with E-state index >= 15 is 0 Å². The first-order valence-electron chi connectivity index (χ1n) is 10.7. The van der Waals surface area contributed by atoms with Gasteiger partial charge in [-0.05, 0) is 49.2 Å². The summed E-state index contributed by atoms with van der Waals surface area (Å²) in [4.78, 5) is 27.1. The minimum Gasteiger partial charge on any atom is -0.352 e. The Balaban J connectivity index is 1.26. The van der Waals surface area contributed by atoms with E-state index in [1.807, 2.05) is 12.1 Å². The lowest BCUT2D eigenvalue weighted by Gasteiger charge is -2.26. The number of fused-ring (bicyclic) bond motifs is 1. The molecule has 2 aromatic carbocycles. The number of carbonyl (C=O) groups is 2. The third-order valence-corrected chi connectivity index (χ3v) is 7.66. The van der Waals surface area contributed by atoms with Crippen molar-refractivity contribution in [1.29, 1.82) is 0 Å². The van der Waals surface area contributed by atoms with Crippen molar-refractivity contribution in [3.63, 3.8) is 0 Å². The topological polar surface area (TPSA) is 86.8 Å². The van der Waals surface area contributed by atoms with Crippen molar-refractivity contribution in [3.8, 4) is 0 Å². The molecule has 0 aromatic heterocycles. The highest BCUT2D eigenvalue weighted by Gasteiger charge is 2.40. The maximum absolute atomic E-state index is 12.5. The smallest absolute Gasteiger partial charge is 0.269 e. The molecule has 2 aromatic rings. The van der Waals surface area contributed by atoms with Gasteiger partial charge in [-0.15, -0.1) is 0 Å². The monoisotopic (exact) mass is 441 g/mol. The van der Waals surface area contributed by atoms with Gasteiger partial charge in [0, 0.05) is 26.1 Å². The molecule has 2 heterocycles. The van der Waals surface area contributed by atoms with Crippen LogP contribution in [0.2, 0.25) is 0 Å². The highest BCUT2D eigenvalue weighted by atomic mass is 32.2. The molecular formula is C23H27N3O4S. The quantitative estimate of drug-likeness (QED) is 0.714. The number of hydrogen-bond acceptors (Lipinski definition) is 5. The summed E-state index contributed by atoms with van der Waals surface area (Å²) in [5, 5.41) is 2.80. The molecule has 0 bridgehead atoms. The molecule has 0 saturated carbocycles. The fourth-order valence-electron chi connectivity index (χ4n) is 4.08. The van der Waals surface area contributed by atoms with Crippen LogP contribution >= 0.6 is 0 Å². The number of carbonyl (C=O) groups excluding carboxylic acids is 2. The van der Waals surface area contributed by atoms with Crippen LogP contribution in [0.5, 0.6) is 0 Å². The van der Waals surface area contributed by atoms with Gasteiger partial charge in [0.05, 0.1) is 5.56 Å². The summed E-state index contributed by atoms with van der Waals surface area (Å²) < 4.78 is 25.8. The number of amides is 2. The van der Waals surface area contributed by atoms with Crippen LogP contribution in [0.4, 0.5) is 0 Å². The van der Waals surface area contributed by atoms with Crippen LogP contribution in [0, 0.1) is 0 Å². The highest BCUT2D eigenvalue weighted by molar-refractivity contribution is 7.90. The minimum atomic E-state index is -3.88. The average Bonchev–Trinajstić information content (AvgIpc) is 2.98. The summed E-state index contributed by atoms with van der Waals surface area (Å²) in [6.07, 6.45) is 3.77. The van der Waals surface area contributed by atoms with Gasteiger partial charge in [-0.3, -0.25) is 14.5 Å². The molecule has 4 rings (SSSR count). The maximum atomic E-state index is 12.5. The van der Waals surface area contributed by atoms with Gasteiger partial charge in [0.2, 0.25) is 5.91 Å². The van der Waals surface area contributed by atoms with Crippen LogP contribution in [0.1, 0.15) is 47.2 Å². The third kappa shape index (κ3) is 4.80. The fraction of sp³-hybridized carbons (Fsp3) is 0.391. The van der Waals surface area contributed by atoms with Gasteiger partial charge in [0.15, 0.2) is 0 Å². The predicted octanol–water partition coefficient (Wildman–Crippen LogP) is 2.52. The van der Waals surface area contributed by atoms with Crippen molar-refractivity contribution in [2.24, 2.45) is 0 Å². The first-order chi connectivity index (χ1) is 14.9. The Morgan fingerprint density at radius 3 is 2.32 bits per heavy atom. The number of piperidine rings is 1. The first kappa shape index (κ1) is 21.5. The Morgan fingerprint density at radius 2 is 1.61 bits per heavy atom. The molecule has 2 aliphatic heterocycles. The van der Waals surface area contributed by atoms with E-state index in [0.29, 0.717) is 6.54 Å². The number of nitrogens with zero attached hydrogens (tertiary/aromatic N) is 2. The van der Waals surface area contributed by atoms with Gasteiger partial charge in [0.1, 0.15) is 4.90 Å². The van der Waals surface area contributed by atoms with Crippen molar-refractivity contribution < 1.29 is 18.0 Å². The zero-order valence-corrected chi connectivity index (χ0v) is 18.2. The number of rotatable bonds is 7. The van der Waals surface area contributed by atoms with E-state index in [0.717, 1.165) is 29.5 Å². The molecule has 1 saturated heterocycles. The van der Waals surface area contributed by atoms with Crippen molar-refractivity contribution >= 4 is 21.8 Å². The molecule has 1 N–H and O–H groups in total. The number of benzene rings is 2. The molecule has 2 amide bonds. The Bertz CT molecular complexity index is 1060. The largest absolute Gasteiger partial charge is 0.352 e. The SMILES string of the molecule is O=C(CCN1C(=O)c2ccccc2S1(=O)=O)NCc1ccc(CN2CCCCC2)cc1. The predicted molar refractivity (Wildman–Crippen MR) is 117 cm³/mol. The van der Waals surface area contributed by atoms with Crippen LogP contribution in [-0.4, -0.2) is 49.1 Å². The summed E-state index contributed by atoms with van der Waals surface area (Å²) in [6.45, 7) is 3.45. The van der Waals surface area contributed by atoms with E-state index in [1.165, 1.54) is 37.0 Å². The molecule has 0 atom stereocenters. The van der Waals surface area contributed by atoms with E-state index in [-0.39, 0.29) is 29.3 Å². The van der Waals surface area contributed by atoms with Crippen LogP contribution in [0.3, 0.4) is 0 Å². The molecule has 164 valence electrons. The number of sulfonamides is 1. The number of likely N-dealkylation sites (tertiary alicyclic amines) is 1. The lowest BCUT2D eigenvalue weighted by molar-refractivity contribution is -0.121. The zero-order chi connectivity index (χ0) is 21.8. The molecule has 1 fully saturated rings. The molecule has 0 radical (unpaired) electrons. The minimum absolute atomic E-state index is 0.00468. The molecule has 0 spiro atoms. The summed E-state index contributed by atoms with van der Waals surface area (Å²) in [5.74, 6) is -0.871. The molecule has 0 aliphatic carbocycles. The number of nitrogens with one attached hydrogen (secondary N) is 1. The van der Waals surface area contributed by atoms with Crippen LogP contribution in [0.25, 0.3) is 0 Å². The normalized spacial score (nSPS) is 18.1. The van der Waals surface area contributed by atoms with Crippen molar-refractivity contribution in [2.75, 3.05) is 19.6 Å². The standard InChI is InChI=1S/C23H27N3O4S/c27-22(12-15-26-23(28)20-6-2-3-7-21(20)31(26,29)30)24-16-18-8-10-19(11-9-18)17-25-13-4-1-5-14-25/h2-3,6-11H,1,4-5,12-17H2,(H,24,27). The second-order valence-corrected chi connectivity index (χ2v) is 9.89. The molecule has 8 heteroatoms. The van der Waals surface area contributed by atoms with Gasteiger partial charge < -0.3 is 5.32 Å². The second-order valence-electron chi connectivity index (χ2n) is 8.06. The Labute approximate surface area is 183 Å². The Kier molecular flexibility index (Phi) is 6.38.